The third kappa shape index (κ3) is 4.62. The van der Waals surface area contributed by atoms with Gasteiger partial charge in [-0.3, -0.25) is 10.1 Å². The molecule has 2 N–H and O–H groups in total. The number of aryl methyl sites for hydroxylation is 1. The maximum atomic E-state index is 12.7. The van der Waals surface area contributed by atoms with Crippen LogP contribution < -0.4 is 10.6 Å². The summed E-state index contributed by atoms with van der Waals surface area (Å²) in [4.78, 5) is 13.8. The number of nitriles is 1. The number of anilines is 1. The van der Waals surface area contributed by atoms with Crippen LogP contribution in [0.5, 0.6) is 0 Å². The minimum Gasteiger partial charge on any atom is -0.324 e. The van der Waals surface area contributed by atoms with Gasteiger partial charge in [-0.05, 0) is 43.0 Å². The topological polar surface area (TPSA) is 64.9 Å². The SMILES string of the molecule is Cc1ccc([C@H](N[C@@H](C)C(=O)Nc2ccccc2C#N)c2cccs2)cc1. The molecule has 1 amide bonds. The van der Waals surface area contributed by atoms with Gasteiger partial charge in [-0.15, -0.1) is 11.3 Å². The summed E-state index contributed by atoms with van der Waals surface area (Å²) in [6.07, 6.45) is 0. The summed E-state index contributed by atoms with van der Waals surface area (Å²) in [5, 5.41) is 17.5. The predicted molar refractivity (Wildman–Crippen MR) is 110 cm³/mol. The van der Waals surface area contributed by atoms with Crippen LogP contribution in [0.4, 0.5) is 5.69 Å². The van der Waals surface area contributed by atoms with Crippen LogP contribution >= 0.6 is 11.3 Å². The molecular weight excluding hydrogens is 354 g/mol. The number of carbonyl (C=O) groups excluding carboxylic acids is 1. The summed E-state index contributed by atoms with van der Waals surface area (Å²) in [5.74, 6) is -0.175. The van der Waals surface area contributed by atoms with Gasteiger partial charge in [0.05, 0.1) is 23.3 Å². The summed E-state index contributed by atoms with van der Waals surface area (Å²) in [5.41, 5.74) is 3.29. The van der Waals surface area contributed by atoms with E-state index >= 15 is 0 Å². The van der Waals surface area contributed by atoms with Gasteiger partial charge in [-0.1, -0.05) is 48.0 Å². The second kappa shape index (κ2) is 8.63. The fourth-order valence-corrected chi connectivity index (χ4v) is 3.62. The van der Waals surface area contributed by atoms with Crippen LogP contribution in [-0.4, -0.2) is 11.9 Å². The molecule has 0 aliphatic carbocycles. The molecule has 5 heteroatoms. The Balaban J connectivity index is 1.78. The van der Waals surface area contributed by atoms with Gasteiger partial charge < -0.3 is 5.32 Å². The molecule has 2 atom stereocenters. The molecule has 0 radical (unpaired) electrons. The Hall–Kier alpha value is -2.94. The van der Waals surface area contributed by atoms with E-state index in [0.29, 0.717) is 11.3 Å². The van der Waals surface area contributed by atoms with Crippen LogP contribution in [0, 0.1) is 18.3 Å². The number of benzene rings is 2. The number of carbonyl (C=O) groups is 1. The van der Waals surface area contributed by atoms with Crippen molar-refractivity contribution >= 4 is 22.9 Å². The first-order valence-corrected chi connectivity index (χ1v) is 9.62. The first-order valence-electron chi connectivity index (χ1n) is 8.74. The van der Waals surface area contributed by atoms with Gasteiger partial charge in [-0.2, -0.15) is 5.26 Å². The standard InChI is InChI=1S/C22H21N3OS/c1-15-9-11-17(12-10-15)21(20-8-5-13-27-20)24-16(2)22(26)25-19-7-4-3-6-18(19)14-23/h3-13,16,21,24H,1-2H3,(H,25,26)/t16-,21-/m0/s1. The van der Waals surface area contributed by atoms with Crippen molar-refractivity contribution in [2.45, 2.75) is 25.9 Å². The van der Waals surface area contributed by atoms with E-state index in [0.717, 1.165) is 10.4 Å². The quantitative estimate of drug-likeness (QED) is 0.660. The molecule has 0 aliphatic rings. The van der Waals surface area contributed by atoms with Crippen LogP contribution in [-0.2, 0) is 4.79 Å². The van der Waals surface area contributed by atoms with Crippen LogP contribution in [0.25, 0.3) is 0 Å². The molecule has 0 bridgehead atoms. The lowest BCUT2D eigenvalue weighted by Gasteiger charge is -2.23. The third-order valence-electron chi connectivity index (χ3n) is 4.35. The maximum absolute atomic E-state index is 12.7. The molecule has 2 aromatic carbocycles. The first-order chi connectivity index (χ1) is 13.1. The summed E-state index contributed by atoms with van der Waals surface area (Å²) in [6.45, 7) is 3.89. The Labute approximate surface area is 163 Å². The lowest BCUT2D eigenvalue weighted by atomic mass is 10.0. The summed E-state index contributed by atoms with van der Waals surface area (Å²) in [7, 11) is 0. The predicted octanol–water partition coefficient (Wildman–Crippen LogP) is 4.63. The molecule has 3 aromatic rings. The minimum atomic E-state index is -0.440. The number of thiophene rings is 1. The number of hydrogen-bond donors (Lipinski definition) is 2. The number of para-hydroxylation sites is 1. The van der Waals surface area contributed by atoms with Gasteiger partial charge in [0, 0.05) is 4.88 Å². The summed E-state index contributed by atoms with van der Waals surface area (Å²) in [6, 6.07) is 21.0. The Morgan fingerprint density at radius 2 is 1.81 bits per heavy atom. The molecule has 3 rings (SSSR count). The second-order valence-electron chi connectivity index (χ2n) is 6.39. The maximum Gasteiger partial charge on any atom is 0.241 e. The lowest BCUT2D eigenvalue weighted by molar-refractivity contribution is -0.117. The average Bonchev–Trinajstić information content (AvgIpc) is 3.21. The number of nitrogens with one attached hydrogen (secondary N) is 2. The Kier molecular flexibility index (Phi) is 6.02. The van der Waals surface area contributed by atoms with Gasteiger partial charge in [0.15, 0.2) is 0 Å². The highest BCUT2D eigenvalue weighted by molar-refractivity contribution is 7.10. The smallest absolute Gasteiger partial charge is 0.241 e. The number of amides is 1. The van der Waals surface area contributed by atoms with Gasteiger partial charge in [0.1, 0.15) is 6.07 Å². The Morgan fingerprint density at radius 3 is 2.48 bits per heavy atom. The number of rotatable bonds is 6. The molecule has 1 heterocycles. The molecule has 0 fully saturated rings. The van der Waals surface area contributed by atoms with E-state index in [1.54, 1.807) is 35.6 Å². The van der Waals surface area contributed by atoms with Crippen LogP contribution in [0.3, 0.4) is 0 Å². The van der Waals surface area contributed by atoms with Crippen molar-refractivity contribution in [3.63, 3.8) is 0 Å². The van der Waals surface area contributed by atoms with Crippen LogP contribution in [0.1, 0.15) is 34.5 Å². The van der Waals surface area contributed by atoms with Crippen LogP contribution in [0.15, 0.2) is 66.0 Å². The van der Waals surface area contributed by atoms with Gasteiger partial charge in [0.25, 0.3) is 0 Å². The van der Waals surface area contributed by atoms with Gasteiger partial charge in [-0.25, -0.2) is 0 Å². The number of hydrogen-bond acceptors (Lipinski definition) is 4. The van der Waals surface area contributed by atoms with Crippen molar-refractivity contribution in [1.82, 2.24) is 5.32 Å². The van der Waals surface area contributed by atoms with Crippen molar-refractivity contribution in [1.29, 1.82) is 5.26 Å². The molecule has 4 nitrogen and oxygen atoms in total. The molecule has 136 valence electrons. The third-order valence-corrected chi connectivity index (χ3v) is 5.29. The number of nitrogens with zero attached hydrogens (tertiary/aromatic N) is 1. The van der Waals surface area contributed by atoms with E-state index in [9.17, 15) is 10.1 Å². The lowest BCUT2D eigenvalue weighted by Crippen LogP contribution is -2.40. The summed E-state index contributed by atoms with van der Waals surface area (Å²) < 4.78 is 0. The minimum absolute atomic E-state index is 0.0717. The highest BCUT2D eigenvalue weighted by atomic mass is 32.1. The van der Waals surface area contributed by atoms with E-state index < -0.39 is 6.04 Å². The van der Waals surface area contributed by atoms with E-state index in [4.69, 9.17) is 0 Å². The van der Waals surface area contributed by atoms with Crippen molar-refractivity contribution in [2.24, 2.45) is 0 Å². The van der Waals surface area contributed by atoms with Crippen molar-refractivity contribution < 1.29 is 4.79 Å². The van der Waals surface area contributed by atoms with E-state index in [1.807, 2.05) is 18.4 Å². The fourth-order valence-electron chi connectivity index (χ4n) is 2.81. The normalized spacial score (nSPS) is 12.8. The van der Waals surface area contributed by atoms with Crippen molar-refractivity contribution in [3.05, 3.63) is 87.6 Å². The average molecular weight is 375 g/mol. The zero-order valence-corrected chi connectivity index (χ0v) is 16.1. The molecule has 0 spiro atoms. The molecule has 0 saturated heterocycles. The molecule has 27 heavy (non-hydrogen) atoms. The Morgan fingerprint density at radius 1 is 1.07 bits per heavy atom. The zero-order chi connectivity index (χ0) is 19.2. The van der Waals surface area contributed by atoms with Crippen molar-refractivity contribution in [3.8, 4) is 6.07 Å². The molecule has 0 aliphatic heterocycles. The monoisotopic (exact) mass is 375 g/mol. The van der Waals surface area contributed by atoms with Gasteiger partial charge >= 0.3 is 0 Å². The zero-order valence-electron chi connectivity index (χ0n) is 15.3. The highest BCUT2D eigenvalue weighted by Crippen LogP contribution is 2.27. The van der Waals surface area contributed by atoms with Gasteiger partial charge in [0.2, 0.25) is 5.91 Å². The van der Waals surface area contributed by atoms with Crippen molar-refractivity contribution in [2.75, 3.05) is 5.32 Å². The van der Waals surface area contributed by atoms with E-state index in [1.165, 1.54) is 5.56 Å². The second-order valence-corrected chi connectivity index (χ2v) is 7.37. The van der Waals surface area contributed by atoms with E-state index in [-0.39, 0.29) is 11.9 Å². The van der Waals surface area contributed by atoms with Crippen LogP contribution in [0.2, 0.25) is 0 Å². The molecule has 1 aromatic heterocycles. The Bertz CT molecular complexity index is 942. The van der Waals surface area contributed by atoms with E-state index in [2.05, 4.69) is 54.0 Å². The molecule has 0 saturated carbocycles. The largest absolute Gasteiger partial charge is 0.324 e. The fraction of sp³-hybridized carbons (Fsp3) is 0.182. The first kappa shape index (κ1) is 18.8. The highest BCUT2D eigenvalue weighted by Gasteiger charge is 2.22. The summed E-state index contributed by atoms with van der Waals surface area (Å²) >= 11 is 1.66. The molecular formula is C22H21N3OS. The molecule has 0 unspecified atom stereocenters.